The Hall–Kier alpha value is -0.550. The van der Waals surface area contributed by atoms with Crippen LogP contribution < -0.4 is 5.32 Å². The summed E-state index contributed by atoms with van der Waals surface area (Å²) in [6.45, 7) is 0.534. The van der Waals surface area contributed by atoms with Crippen LogP contribution in [0, 0.1) is 16.7 Å². The average Bonchev–Trinajstić information content (AvgIpc) is 2.59. The van der Waals surface area contributed by atoms with E-state index in [1.54, 1.807) is 0 Å². The molecule has 2 heteroatoms. The first kappa shape index (κ1) is 9.98. The van der Waals surface area contributed by atoms with Crippen molar-refractivity contribution in [1.82, 2.24) is 5.32 Å². The molecule has 1 spiro atoms. The summed E-state index contributed by atoms with van der Waals surface area (Å²) in [5.74, 6) is 0. The summed E-state index contributed by atoms with van der Waals surface area (Å²) >= 11 is 0. The second kappa shape index (κ2) is 4.31. The molecule has 0 heterocycles. The summed E-state index contributed by atoms with van der Waals surface area (Å²) in [4.78, 5) is 0. The number of rotatable bonds is 2. The molecule has 2 saturated carbocycles. The van der Waals surface area contributed by atoms with Gasteiger partial charge in [0.25, 0.3) is 0 Å². The lowest BCUT2D eigenvalue weighted by atomic mass is 9.70. The average molecular weight is 192 g/mol. The van der Waals surface area contributed by atoms with Crippen molar-refractivity contribution in [3.8, 4) is 6.07 Å². The van der Waals surface area contributed by atoms with Gasteiger partial charge in [0.2, 0.25) is 0 Å². The Labute approximate surface area is 86.7 Å². The number of nitriles is 1. The molecule has 2 fully saturated rings. The lowest BCUT2D eigenvalue weighted by molar-refractivity contribution is 0.152. The highest BCUT2D eigenvalue weighted by molar-refractivity contribution is 4.98. The van der Waals surface area contributed by atoms with Crippen molar-refractivity contribution < 1.29 is 0 Å². The molecular formula is C12H20N2. The van der Waals surface area contributed by atoms with Gasteiger partial charge in [-0.2, -0.15) is 5.26 Å². The quantitative estimate of drug-likeness (QED) is 0.683. The molecule has 0 radical (unpaired) electrons. The number of hydrogen-bond donors (Lipinski definition) is 1. The highest BCUT2D eigenvalue weighted by Crippen LogP contribution is 2.48. The van der Waals surface area contributed by atoms with Crippen LogP contribution in [0.4, 0.5) is 0 Å². The van der Waals surface area contributed by atoms with E-state index in [9.17, 15) is 0 Å². The maximum absolute atomic E-state index is 8.60. The van der Waals surface area contributed by atoms with Crippen molar-refractivity contribution in [1.29, 1.82) is 5.26 Å². The SMILES string of the molecule is N#CCNC1CCCC12CCCCC2. The zero-order chi connectivity index (χ0) is 9.86. The summed E-state index contributed by atoms with van der Waals surface area (Å²) in [5.41, 5.74) is 0.578. The van der Waals surface area contributed by atoms with E-state index in [4.69, 9.17) is 5.26 Å². The van der Waals surface area contributed by atoms with Gasteiger partial charge >= 0.3 is 0 Å². The zero-order valence-electron chi connectivity index (χ0n) is 8.89. The smallest absolute Gasteiger partial charge is 0.0843 e. The van der Waals surface area contributed by atoms with Gasteiger partial charge in [-0.15, -0.1) is 0 Å². The van der Waals surface area contributed by atoms with Gasteiger partial charge in [0.05, 0.1) is 12.6 Å². The molecule has 1 N–H and O–H groups in total. The van der Waals surface area contributed by atoms with Gasteiger partial charge in [-0.1, -0.05) is 25.7 Å². The van der Waals surface area contributed by atoms with Crippen LogP contribution in [0.25, 0.3) is 0 Å². The Morgan fingerprint density at radius 2 is 1.86 bits per heavy atom. The maximum atomic E-state index is 8.60. The van der Waals surface area contributed by atoms with E-state index >= 15 is 0 Å². The Bertz CT molecular complexity index is 223. The van der Waals surface area contributed by atoms with E-state index in [0.29, 0.717) is 18.0 Å². The van der Waals surface area contributed by atoms with Gasteiger partial charge in [0.1, 0.15) is 0 Å². The minimum atomic E-state index is 0.534. The summed E-state index contributed by atoms with van der Waals surface area (Å²) < 4.78 is 0. The Balaban J connectivity index is 1.97. The minimum absolute atomic E-state index is 0.534. The van der Waals surface area contributed by atoms with E-state index in [-0.39, 0.29) is 0 Å². The molecule has 0 bridgehead atoms. The molecule has 2 nitrogen and oxygen atoms in total. The molecule has 0 amide bonds. The van der Waals surface area contributed by atoms with Gasteiger partial charge in [-0.3, -0.25) is 0 Å². The zero-order valence-corrected chi connectivity index (χ0v) is 8.89. The van der Waals surface area contributed by atoms with Crippen molar-refractivity contribution in [3.63, 3.8) is 0 Å². The molecule has 14 heavy (non-hydrogen) atoms. The fourth-order valence-corrected chi connectivity index (χ4v) is 3.48. The predicted molar refractivity (Wildman–Crippen MR) is 56.8 cm³/mol. The fourth-order valence-electron chi connectivity index (χ4n) is 3.48. The van der Waals surface area contributed by atoms with E-state index in [1.807, 2.05) is 0 Å². The third-order valence-corrected chi connectivity index (χ3v) is 4.18. The first-order valence-electron chi connectivity index (χ1n) is 5.98. The van der Waals surface area contributed by atoms with Gasteiger partial charge in [-0.25, -0.2) is 0 Å². The van der Waals surface area contributed by atoms with Crippen LogP contribution in [-0.2, 0) is 0 Å². The highest BCUT2D eigenvalue weighted by atomic mass is 14.9. The molecule has 0 aromatic rings. The fraction of sp³-hybridized carbons (Fsp3) is 0.917. The van der Waals surface area contributed by atoms with E-state index in [2.05, 4.69) is 11.4 Å². The van der Waals surface area contributed by atoms with E-state index < -0.39 is 0 Å². The largest absolute Gasteiger partial charge is 0.301 e. The number of hydrogen-bond acceptors (Lipinski definition) is 2. The normalized spacial score (nSPS) is 30.4. The van der Waals surface area contributed by atoms with Crippen LogP contribution in [0.2, 0.25) is 0 Å². The van der Waals surface area contributed by atoms with Gasteiger partial charge < -0.3 is 5.32 Å². The molecule has 0 aromatic carbocycles. The predicted octanol–water partition coefficient (Wildman–Crippen LogP) is 2.60. The maximum Gasteiger partial charge on any atom is 0.0843 e. The third kappa shape index (κ3) is 1.79. The van der Waals surface area contributed by atoms with E-state index in [0.717, 1.165) is 0 Å². The van der Waals surface area contributed by atoms with Crippen molar-refractivity contribution in [2.45, 2.75) is 57.4 Å². The van der Waals surface area contributed by atoms with Crippen LogP contribution in [0.1, 0.15) is 51.4 Å². The molecule has 0 aromatic heterocycles. The molecule has 2 aliphatic rings. The second-order valence-corrected chi connectivity index (χ2v) is 4.91. The molecule has 78 valence electrons. The van der Waals surface area contributed by atoms with Crippen molar-refractivity contribution in [3.05, 3.63) is 0 Å². The number of nitrogens with one attached hydrogen (secondary N) is 1. The Morgan fingerprint density at radius 3 is 2.57 bits per heavy atom. The van der Waals surface area contributed by atoms with Crippen LogP contribution >= 0.6 is 0 Å². The van der Waals surface area contributed by atoms with Crippen molar-refractivity contribution in [2.75, 3.05) is 6.54 Å². The van der Waals surface area contributed by atoms with Gasteiger partial charge in [0.15, 0.2) is 0 Å². The topological polar surface area (TPSA) is 35.8 Å². The first-order valence-corrected chi connectivity index (χ1v) is 5.98. The third-order valence-electron chi connectivity index (χ3n) is 4.18. The minimum Gasteiger partial charge on any atom is -0.301 e. The molecule has 2 aliphatic carbocycles. The summed E-state index contributed by atoms with van der Waals surface area (Å²) in [5, 5.41) is 12.0. The summed E-state index contributed by atoms with van der Waals surface area (Å²) in [6.07, 6.45) is 11.1. The monoisotopic (exact) mass is 192 g/mol. The standard InChI is InChI=1S/C12H20N2/c13-9-10-14-11-5-4-8-12(11)6-2-1-3-7-12/h11,14H,1-8,10H2. The summed E-state index contributed by atoms with van der Waals surface area (Å²) in [7, 11) is 0. The lowest BCUT2D eigenvalue weighted by Gasteiger charge is -2.39. The van der Waals surface area contributed by atoms with Crippen molar-refractivity contribution >= 4 is 0 Å². The van der Waals surface area contributed by atoms with Crippen molar-refractivity contribution in [2.24, 2.45) is 5.41 Å². The Kier molecular flexibility index (Phi) is 3.08. The molecule has 2 rings (SSSR count). The lowest BCUT2D eigenvalue weighted by Crippen LogP contribution is -2.42. The molecular weight excluding hydrogens is 172 g/mol. The summed E-state index contributed by atoms with van der Waals surface area (Å²) in [6, 6.07) is 2.85. The highest BCUT2D eigenvalue weighted by Gasteiger charge is 2.42. The molecule has 0 aliphatic heterocycles. The van der Waals surface area contributed by atoms with Gasteiger partial charge in [-0.05, 0) is 31.1 Å². The van der Waals surface area contributed by atoms with Gasteiger partial charge in [0, 0.05) is 6.04 Å². The Morgan fingerprint density at radius 1 is 1.14 bits per heavy atom. The van der Waals surface area contributed by atoms with Crippen LogP contribution in [0.3, 0.4) is 0 Å². The second-order valence-electron chi connectivity index (χ2n) is 4.91. The molecule has 1 atom stereocenters. The van der Waals surface area contributed by atoms with Crippen LogP contribution in [0.5, 0.6) is 0 Å². The van der Waals surface area contributed by atoms with Crippen LogP contribution in [-0.4, -0.2) is 12.6 Å². The van der Waals surface area contributed by atoms with E-state index in [1.165, 1.54) is 51.4 Å². The number of nitrogens with zero attached hydrogens (tertiary/aromatic N) is 1. The molecule has 1 unspecified atom stereocenters. The molecule has 0 saturated heterocycles. The first-order chi connectivity index (χ1) is 6.87. The van der Waals surface area contributed by atoms with Crippen LogP contribution in [0.15, 0.2) is 0 Å².